The highest BCUT2D eigenvalue weighted by atomic mass is 16.1. The highest BCUT2D eigenvalue weighted by Crippen LogP contribution is 2.38. The van der Waals surface area contributed by atoms with E-state index in [9.17, 15) is 4.79 Å². The summed E-state index contributed by atoms with van der Waals surface area (Å²) in [5.41, 5.74) is 0. The SMILES string of the molecule is CC(=O)C[C@H]1CCC[C@@H]1C(C)C. The first-order chi connectivity index (χ1) is 5.61. The number of ketones is 1. The van der Waals surface area contributed by atoms with Crippen LogP contribution in [0.4, 0.5) is 0 Å². The van der Waals surface area contributed by atoms with E-state index in [1.165, 1.54) is 19.3 Å². The molecule has 70 valence electrons. The van der Waals surface area contributed by atoms with E-state index in [1.54, 1.807) is 6.92 Å². The molecule has 1 rings (SSSR count). The molecule has 0 saturated heterocycles. The largest absolute Gasteiger partial charge is 0.300 e. The summed E-state index contributed by atoms with van der Waals surface area (Å²) in [6, 6.07) is 0. The van der Waals surface area contributed by atoms with Gasteiger partial charge in [-0.3, -0.25) is 0 Å². The van der Waals surface area contributed by atoms with Crippen molar-refractivity contribution in [2.45, 2.75) is 46.5 Å². The van der Waals surface area contributed by atoms with E-state index in [0.717, 1.165) is 18.3 Å². The van der Waals surface area contributed by atoms with Gasteiger partial charge in [-0.05, 0) is 37.5 Å². The first-order valence-electron chi connectivity index (χ1n) is 5.10. The lowest BCUT2D eigenvalue weighted by Crippen LogP contribution is -2.16. The lowest BCUT2D eigenvalue weighted by Gasteiger charge is -2.21. The number of hydrogen-bond donors (Lipinski definition) is 0. The van der Waals surface area contributed by atoms with E-state index in [1.807, 2.05) is 0 Å². The fraction of sp³-hybridized carbons (Fsp3) is 0.909. The van der Waals surface area contributed by atoms with Crippen molar-refractivity contribution in [1.82, 2.24) is 0 Å². The molecule has 0 amide bonds. The molecule has 1 fully saturated rings. The van der Waals surface area contributed by atoms with E-state index in [-0.39, 0.29) is 0 Å². The van der Waals surface area contributed by atoms with Gasteiger partial charge in [-0.25, -0.2) is 0 Å². The van der Waals surface area contributed by atoms with Crippen LogP contribution in [0.1, 0.15) is 46.5 Å². The summed E-state index contributed by atoms with van der Waals surface area (Å²) >= 11 is 0. The molecule has 0 heterocycles. The van der Waals surface area contributed by atoms with Crippen LogP contribution in [0, 0.1) is 17.8 Å². The fourth-order valence-corrected chi connectivity index (χ4v) is 2.57. The van der Waals surface area contributed by atoms with Gasteiger partial charge in [0.15, 0.2) is 0 Å². The summed E-state index contributed by atoms with van der Waals surface area (Å²) in [5.74, 6) is 2.64. The number of hydrogen-bond acceptors (Lipinski definition) is 1. The second-order valence-corrected chi connectivity index (χ2v) is 4.50. The molecule has 0 aromatic carbocycles. The summed E-state index contributed by atoms with van der Waals surface area (Å²) in [7, 11) is 0. The summed E-state index contributed by atoms with van der Waals surface area (Å²) in [4.78, 5) is 11.0. The Balaban J connectivity index is 2.46. The molecule has 0 aliphatic heterocycles. The zero-order valence-electron chi connectivity index (χ0n) is 8.47. The molecule has 1 aliphatic carbocycles. The topological polar surface area (TPSA) is 17.1 Å². The molecule has 1 saturated carbocycles. The summed E-state index contributed by atoms with van der Waals surface area (Å²) in [6.07, 6.45) is 4.78. The number of carbonyl (C=O) groups is 1. The molecule has 1 aliphatic rings. The maximum Gasteiger partial charge on any atom is 0.130 e. The zero-order valence-corrected chi connectivity index (χ0v) is 8.47. The molecule has 0 N–H and O–H groups in total. The fourth-order valence-electron chi connectivity index (χ4n) is 2.57. The molecule has 0 bridgehead atoms. The Morgan fingerprint density at radius 3 is 2.58 bits per heavy atom. The van der Waals surface area contributed by atoms with E-state index < -0.39 is 0 Å². The number of Topliss-reactive ketones (excluding diaryl/α,β-unsaturated/α-hetero) is 1. The van der Waals surface area contributed by atoms with E-state index >= 15 is 0 Å². The van der Waals surface area contributed by atoms with E-state index in [0.29, 0.717) is 11.7 Å². The Labute approximate surface area is 75.5 Å². The number of rotatable bonds is 3. The highest BCUT2D eigenvalue weighted by molar-refractivity contribution is 5.75. The van der Waals surface area contributed by atoms with E-state index in [4.69, 9.17) is 0 Å². The molecule has 0 unspecified atom stereocenters. The van der Waals surface area contributed by atoms with Crippen molar-refractivity contribution < 1.29 is 4.79 Å². The molecule has 1 heteroatoms. The lowest BCUT2D eigenvalue weighted by molar-refractivity contribution is -0.118. The van der Waals surface area contributed by atoms with Crippen LogP contribution in [-0.2, 0) is 4.79 Å². The average Bonchev–Trinajstić information content (AvgIpc) is 2.33. The van der Waals surface area contributed by atoms with Gasteiger partial charge in [0, 0.05) is 6.42 Å². The molecule has 2 atom stereocenters. The van der Waals surface area contributed by atoms with Crippen LogP contribution in [0.3, 0.4) is 0 Å². The van der Waals surface area contributed by atoms with Gasteiger partial charge in [-0.15, -0.1) is 0 Å². The molecule has 0 spiro atoms. The van der Waals surface area contributed by atoms with Crippen molar-refractivity contribution in [3.63, 3.8) is 0 Å². The first-order valence-corrected chi connectivity index (χ1v) is 5.10. The summed E-state index contributed by atoms with van der Waals surface area (Å²) < 4.78 is 0. The average molecular weight is 168 g/mol. The third-order valence-electron chi connectivity index (χ3n) is 3.12. The predicted octanol–water partition coefficient (Wildman–Crippen LogP) is 3.04. The van der Waals surface area contributed by atoms with Gasteiger partial charge in [0.05, 0.1) is 0 Å². The van der Waals surface area contributed by atoms with Crippen molar-refractivity contribution in [3.05, 3.63) is 0 Å². The van der Waals surface area contributed by atoms with Crippen LogP contribution in [0.15, 0.2) is 0 Å². The van der Waals surface area contributed by atoms with Gasteiger partial charge in [0.25, 0.3) is 0 Å². The first kappa shape index (κ1) is 9.76. The minimum Gasteiger partial charge on any atom is -0.300 e. The number of carbonyl (C=O) groups excluding carboxylic acids is 1. The Morgan fingerprint density at radius 1 is 1.42 bits per heavy atom. The van der Waals surface area contributed by atoms with Crippen molar-refractivity contribution in [3.8, 4) is 0 Å². The third kappa shape index (κ3) is 2.33. The molecule has 1 nitrogen and oxygen atoms in total. The van der Waals surface area contributed by atoms with Gasteiger partial charge < -0.3 is 4.79 Å². The Kier molecular flexibility index (Phi) is 3.30. The van der Waals surface area contributed by atoms with Crippen LogP contribution >= 0.6 is 0 Å². The van der Waals surface area contributed by atoms with Crippen LogP contribution in [0.2, 0.25) is 0 Å². The van der Waals surface area contributed by atoms with Crippen molar-refractivity contribution in [2.75, 3.05) is 0 Å². The van der Waals surface area contributed by atoms with Gasteiger partial charge in [0.1, 0.15) is 5.78 Å². The molecule has 0 radical (unpaired) electrons. The van der Waals surface area contributed by atoms with Crippen LogP contribution in [-0.4, -0.2) is 5.78 Å². The zero-order chi connectivity index (χ0) is 9.14. The van der Waals surface area contributed by atoms with Crippen LogP contribution in [0.25, 0.3) is 0 Å². The van der Waals surface area contributed by atoms with Crippen molar-refractivity contribution in [1.29, 1.82) is 0 Å². The van der Waals surface area contributed by atoms with Crippen molar-refractivity contribution >= 4 is 5.78 Å². The van der Waals surface area contributed by atoms with Gasteiger partial charge in [0.2, 0.25) is 0 Å². The summed E-state index contributed by atoms with van der Waals surface area (Å²) in [5, 5.41) is 0. The Bertz CT molecular complexity index is 160. The summed E-state index contributed by atoms with van der Waals surface area (Å²) in [6.45, 7) is 6.28. The Morgan fingerprint density at radius 2 is 2.08 bits per heavy atom. The molecule has 0 aromatic rings. The van der Waals surface area contributed by atoms with Crippen molar-refractivity contribution in [2.24, 2.45) is 17.8 Å². The normalized spacial score (nSPS) is 29.7. The highest BCUT2D eigenvalue weighted by Gasteiger charge is 2.29. The molecule has 0 aromatic heterocycles. The van der Waals surface area contributed by atoms with Gasteiger partial charge >= 0.3 is 0 Å². The quantitative estimate of drug-likeness (QED) is 0.633. The van der Waals surface area contributed by atoms with E-state index in [2.05, 4.69) is 13.8 Å². The minimum atomic E-state index is 0.368. The van der Waals surface area contributed by atoms with Crippen LogP contribution < -0.4 is 0 Å². The predicted molar refractivity (Wildman–Crippen MR) is 51.0 cm³/mol. The second kappa shape index (κ2) is 4.06. The molecular formula is C11H20O. The lowest BCUT2D eigenvalue weighted by atomic mass is 9.83. The minimum absolute atomic E-state index is 0.368. The Hall–Kier alpha value is -0.330. The van der Waals surface area contributed by atoms with Gasteiger partial charge in [-0.2, -0.15) is 0 Å². The maximum absolute atomic E-state index is 11.0. The monoisotopic (exact) mass is 168 g/mol. The van der Waals surface area contributed by atoms with Crippen LogP contribution in [0.5, 0.6) is 0 Å². The maximum atomic E-state index is 11.0. The smallest absolute Gasteiger partial charge is 0.130 e. The molecular weight excluding hydrogens is 148 g/mol. The third-order valence-corrected chi connectivity index (χ3v) is 3.12. The molecule has 12 heavy (non-hydrogen) atoms. The second-order valence-electron chi connectivity index (χ2n) is 4.50. The van der Waals surface area contributed by atoms with Gasteiger partial charge in [-0.1, -0.05) is 20.3 Å². The standard InChI is InChI=1S/C11H20O/c1-8(2)11-6-4-5-10(11)7-9(3)12/h8,10-11H,4-7H2,1-3H3/t10-,11-/m1/s1.